The lowest BCUT2D eigenvalue weighted by molar-refractivity contribution is -0.138. The van der Waals surface area contributed by atoms with E-state index in [1.165, 1.54) is 0 Å². The molecule has 2 aliphatic heterocycles. The highest BCUT2D eigenvalue weighted by molar-refractivity contribution is 5.89. The van der Waals surface area contributed by atoms with E-state index in [4.69, 9.17) is 4.42 Å². The van der Waals surface area contributed by atoms with E-state index in [-0.39, 0.29) is 30.1 Å². The Balaban J connectivity index is 1.46. The third-order valence-electron chi connectivity index (χ3n) is 5.65. The van der Waals surface area contributed by atoms with Crippen molar-refractivity contribution in [3.63, 3.8) is 0 Å². The zero-order valence-electron chi connectivity index (χ0n) is 16.8. The first-order chi connectivity index (χ1) is 13.5. The molecule has 0 saturated carbocycles. The molecule has 0 radical (unpaired) electrons. The molecule has 2 aliphatic rings. The molecule has 0 bridgehead atoms. The van der Waals surface area contributed by atoms with Gasteiger partial charge in [-0.05, 0) is 26.0 Å². The van der Waals surface area contributed by atoms with Gasteiger partial charge in [-0.2, -0.15) is 0 Å². The average molecular weight is 390 g/mol. The highest BCUT2D eigenvalue weighted by Gasteiger charge is 2.37. The van der Waals surface area contributed by atoms with Crippen LogP contribution in [0.5, 0.6) is 0 Å². The van der Waals surface area contributed by atoms with Gasteiger partial charge < -0.3 is 19.1 Å². The Hall–Kier alpha value is -2.35. The third-order valence-corrected chi connectivity index (χ3v) is 5.65. The van der Waals surface area contributed by atoms with Gasteiger partial charge in [0.05, 0.1) is 25.3 Å². The zero-order valence-corrected chi connectivity index (χ0v) is 16.8. The molecular weight excluding hydrogens is 360 g/mol. The summed E-state index contributed by atoms with van der Waals surface area (Å²) in [6.45, 7) is 9.26. The van der Waals surface area contributed by atoms with Crippen LogP contribution >= 0.6 is 0 Å². The minimum Gasteiger partial charge on any atom is -0.467 e. The van der Waals surface area contributed by atoms with Crippen LogP contribution in [0.2, 0.25) is 0 Å². The molecule has 0 spiro atoms. The number of likely N-dealkylation sites (N-methyl/N-ethyl adjacent to an activating group) is 1. The van der Waals surface area contributed by atoms with Crippen molar-refractivity contribution < 1.29 is 18.8 Å². The van der Waals surface area contributed by atoms with Gasteiger partial charge in [0, 0.05) is 52.2 Å². The first-order valence-corrected chi connectivity index (χ1v) is 10.1. The van der Waals surface area contributed by atoms with Crippen LogP contribution in [0, 0.1) is 5.92 Å². The van der Waals surface area contributed by atoms with Crippen molar-refractivity contribution in [2.45, 2.75) is 26.8 Å². The standard InChI is InChI=1S/C20H30N4O4/c1-3-22(4-2)19(26)15-21-7-9-23(10-8-21)20(27)16-12-18(25)24(13-16)14-17-6-5-11-28-17/h5-6,11,16H,3-4,7-10,12-15H2,1-2H3. The van der Waals surface area contributed by atoms with Gasteiger partial charge in [0.1, 0.15) is 5.76 Å². The Morgan fingerprint density at radius 1 is 1.18 bits per heavy atom. The molecule has 0 N–H and O–H groups in total. The van der Waals surface area contributed by atoms with E-state index in [1.54, 1.807) is 17.2 Å². The van der Waals surface area contributed by atoms with Crippen molar-refractivity contribution in [3.05, 3.63) is 24.2 Å². The summed E-state index contributed by atoms with van der Waals surface area (Å²) >= 11 is 0. The number of amides is 3. The van der Waals surface area contributed by atoms with E-state index in [0.29, 0.717) is 45.8 Å². The third kappa shape index (κ3) is 4.73. The Kier molecular flexibility index (Phi) is 6.72. The van der Waals surface area contributed by atoms with E-state index in [0.717, 1.165) is 18.8 Å². The summed E-state index contributed by atoms with van der Waals surface area (Å²) in [6.07, 6.45) is 1.85. The maximum Gasteiger partial charge on any atom is 0.236 e. The van der Waals surface area contributed by atoms with Crippen LogP contribution in [0.1, 0.15) is 26.0 Å². The monoisotopic (exact) mass is 390 g/mol. The Morgan fingerprint density at radius 3 is 2.50 bits per heavy atom. The minimum atomic E-state index is -0.286. The summed E-state index contributed by atoms with van der Waals surface area (Å²) in [5.41, 5.74) is 0. The predicted molar refractivity (Wildman–Crippen MR) is 103 cm³/mol. The molecule has 0 aromatic carbocycles. The van der Waals surface area contributed by atoms with Crippen LogP contribution in [0.25, 0.3) is 0 Å². The molecule has 3 rings (SSSR count). The lowest BCUT2D eigenvalue weighted by Crippen LogP contribution is -2.52. The second-order valence-electron chi connectivity index (χ2n) is 7.42. The molecule has 2 saturated heterocycles. The molecule has 2 fully saturated rings. The van der Waals surface area contributed by atoms with Crippen molar-refractivity contribution >= 4 is 17.7 Å². The maximum atomic E-state index is 12.9. The molecule has 3 heterocycles. The quantitative estimate of drug-likeness (QED) is 0.683. The van der Waals surface area contributed by atoms with E-state index in [2.05, 4.69) is 4.90 Å². The number of furan rings is 1. The second kappa shape index (κ2) is 9.23. The van der Waals surface area contributed by atoms with Gasteiger partial charge >= 0.3 is 0 Å². The molecule has 3 amide bonds. The molecule has 1 unspecified atom stereocenters. The number of likely N-dealkylation sites (tertiary alicyclic amines) is 1. The van der Waals surface area contributed by atoms with Crippen LogP contribution in [0.4, 0.5) is 0 Å². The predicted octanol–water partition coefficient (Wildman–Crippen LogP) is 0.641. The summed E-state index contributed by atoms with van der Waals surface area (Å²) < 4.78 is 5.31. The van der Waals surface area contributed by atoms with E-state index in [9.17, 15) is 14.4 Å². The number of hydrogen-bond donors (Lipinski definition) is 0. The fourth-order valence-corrected chi connectivity index (χ4v) is 3.93. The number of carbonyl (C=O) groups excluding carboxylic acids is 3. The van der Waals surface area contributed by atoms with Gasteiger partial charge in [-0.25, -0.2) is 0 Å². The Labute approximate surface area is 166 Å². The Morgan fingerprint density at radius 2 is 1.89 bits per heavy atom. The number of nitrogens with zero attached hydrogens (tertiary/aromatic N) is 4. The normalized spacial score (nSPS) is 20.6. The summed E-state index contributed by atoms with van der Waals surface area (Å²) in [7, 11) is 0. The van der Waals surface area contributed by atoms with E-state index < -0.39 is 0 Å². The maximum absolute atomic E-state index is 12.9. The lowest BCUT2D eigenvalue weighted by Gasteiger charge is -2.36. The summed E-state index contributed by atoms with van der Waals surface area (Å²) in [5, 5.41) is 0. The van der Waals surface area contributed by atoms with Crippen molar-refractivity contribution in [2.75, 3.05) is 52.4 Å². The molecule has 154 valence electrons. The molecule has 1 atom stereocenters. The van der Waals surface area contributed by atoms with Gasteiger partial charge in [-0.1, -0.05) is 0 Å². The summed E-state index contributed by atoms with van der Waals surface area (Å²) in [5.74, 6) is 0.627. The number of piperazine rings is 1. The fourth-order valence-electron chi connectivity index (χ4n) is 3.93. The fraction of sp³-hybridized carbons (Fsp3) is 0.650. The van der Waals surface area contributed by atoms with Gasteiger partial charge in [0.15, 0.2) is 0 Å². The van der Waals surface area contributed by atoms with Crippen molar-refractivity contribution in [1.29, 1.82) is 0 Å². The topological polar surface area (TPSA) is 77.3 Å². The Bertz CT molecular complexity index is 678. The summed E-state index contributed by atoms with van der Waals surface area (Å²) in [4.78, 5) is 44.8. The summed E-state index contributed by atoms with van der Waals surface area (Å²) in [6, 6.07) is 3.63. The largest absolute Gasteiger partial charge is 0.467 e. The molecule has 8 nitrogen and oxygen atoms in total. The molecule has 28 heavy (non-hydrogen) atoms. The van der Waals surface area contributed by atoms with Crippen molar-refractivity contribution in [1.82, 2.24) is 19.6 Å². The van der Waals surface area contributed by atoms with Crippen LogP contribution in [0.3, 0.4) is 0 Å². The highest BCUT2D eigenvalue weighted by atomic mass is 16.3. The van der Waals surface area contributed by atoms with Crippen LogP contribution in [0.15, 0.2) is 22.8 Å². The molecule has 0 aliphatic carbocycles. The van der Waals surface area contributed by atoms with E-state index in [1.807, 2.05) is 29.7 Å². The minimum absolute atomic E-state index is 0.00166. The molecule has 8 heteroatoms. The van der Waals surface area contributed by atoms with E-state index >= 15 is 0 Å². The van der Waals surface area contributed by atoms with Crippen molar-refractivity contribution in [2.24, 2.45) is 5.92 Å². The lowest BCUT2D eigenvalue weighted by atomic mass is 10.1. The van der Waals surface area contributed by atoms with Gasteiger partial charge in [0.25, 0.3) is 0 Å². The van der Waals surface area contributed by atoms with Crippen molar-refractivity contribution in [3.8, 4) is 0 Å². The first-order valence-electron chi connectivity index (χ1n) is 10.1. The van der Waals surface area contributed by atoms with Crippen LogP contribution in [-0.4, -0.2) is 89.7 Å². The van der Waals surface area contributed by atoms with Crippen LogP contribution < -0.4 is 0 Å². The number of carbonyl (C=O) groups is 3. The smallest absolute Gasteiger partial charge is 0.236 e. The first kappa shape index (κ1) is 20.4. The molecular formula is C20H30N4O4. The van der Waals surface area contributed by atoms with Gasteiger partial charge in [-0.3, -0.25) is 19.3 Å². The molecule has 1 aromatic heterocycles. The number of rotatable bonds is 7. The second-order valence-corrected chi connectivity index (χ2v) is 7.42. The highest BCUT2D eigenvalue weighted by Crippen LogP contribution is 2.23. The van der Waals surface area contributed by atoms with Gasteiger partial charge in [-0.15, -0.1) is 0 Å². The average Bonchev–Trinajstić information content (AvgIpc) is 3.33. The molecule has 1 aromatic rings. The zero-order chi connectivity index (χ0) is 20.1. The number of hydrogen-bond acceptors (Lipinski definition) is 5. The van der Waals surface area contributed by atoms with Crippen LogP contribution in [-0.2, 0) is 20.9 Å². The van der Waals surface area contributed by atoms with Gasteiger partial charge in [0.2, 0.25) is 17.7 Å². The SMILES string of the molecule is CCN(CC)C(=O)CN1CCN(C(=O)C2CC(=O)N(Cc3ccco3)C2)CC1.